The zero-order valence-electron chi connectivity index (χ0n) is 21.1. The first kappa shape index (κ1) is 24.7. The number of carbonyl (C=O) groups excluding carboxylic acids is 1. The number of anilines is 3. The number of nitrogens with zero attached hydrogens (tertiary/aromatic N) is 2. The summed E-state index contributed by atoms with van der Waals surface area (Å²) >= 11 is 0. The fourth-order valence-electron chi connectivity index (χ4n) is 3.86. The number of aryl methyl sites for hydroxylation is 1. The van der Waals surface area contributed by atoms with Crippen molar-refractivity contribution in [2.75, 3.05) is 10.6 Å². The Morgan fingerprint density at radius 1 is 0.972 bits per heavy atom. The van der Waals surface area contributed by atoms with Gasteiger partial charge in [0.05, 0.1) is 5.69 Å². The summed E-state index contributed by atoms with van der Waals surface area (Å²) in [5, 5.41) is 15.5. The van der Waals surface area contributed by atoms with Gasteiger partial charge in [0.25, 0.3) is 11.5 Å². The van der Waals surface area contributed by atoms with Gasteiger partial charge in [-0.3, -0.25) is 9.59 Å². The average molecular weight is 483 g/mol. The Morgan fingerprint density at radius 3 is 2.28 bits per heavy atom. The number of aromatic nitrogens is 2. The molecule has 0 bridgehead atoms. The number of rotatable bonds is 5. The maximum absolute atomic E-state index is 13.0. The van der Waals surface area contributed by atoms with Gasteiger partial charge >= 0.3 is 0 Å². The summed E-state index contributed by atoms with van der Waals surface area (Å²) in [7, 11) is 1.66. The summed E-state index contributed by atoms with van der Waals surface area (Å²) in [6.45, 7) is 8.31. The first-order valence-electron chi connectivity index (χ1n) is 11.7. The summed E-state index contributed by atoms with van der Waals surface area (Å²) in [6.07, 6.45) is 1.67. The normalized spacial score (nSPS) is 11.2. The second kappa shape index (κ2) is 9.70. The van der Waals surface area contributed by atoms with Crippen LogP contribution in [0.3, 0.4) is 0 Å². The van der Waals surface area contributed by atoms with E-state index in [-0.39, 0.29) is 28.4 Å². The molecule has 4 aromatic rings. The SMILES string of the molecule is Cc1c(NC(=O)c2ccc(C(C)(C)C)cc2)cccc1-c1cn(C)c(=O)c(Nc2ccc(O)cc2)n1. The van der Waals surface area contributed by atoms with Gasteiger partial charge < -0.3 is 20.3 Å². The standard InChI is InChI=1S/C29H30N4O3/c1-18-23(25-17-33(5)28(36)26(31-25)30-21-13-15-22(34)16-14-21)7-6-8-24(18)32-27(35)19-9-11-20(12-10-19)29(2,3)4/h6-17,34H,1-5H3,(H,30,31)(H,32,35). The Hall–Kier alpha value is -4.39. The molecule has 3 aromatic carbocycles. The number of hydrogen-bond donors (Lipinski definition) is 3. The Bertz CT molecular complexity index is 1460. The molecule has 0 radical (unpaired) electrons. The minimum atomic E-state index is -0.285. The van der Waals surface area contributed by atoms with Crippen LogP contribution in [0.25, 0.3) is 11.3 Å². The summed E-state index contributed by atoms with van der Waals surface area (Å²) in [5.74, 6) is 0.0991. The number of amides is 1. The van der Waals surface area contributed by atoms with E-state index in [1.54, 1.807) is 25.4 Å². The van der Waals surface area contributed by atoms with Crippen molar-refractivity contribution in [1.29, 1.82) is 0 Å². The molecule has 0 aliphatic carbocycles. The van der Waals surface area contributed by atoms with E-state index >= 15 is 0 Å². The van der Waals surface area contributed by atoms with Crippen LogP contribution in [0.1, 0.15) is 42.3 Å². The zero-order valence-corrected chi connectivity index (χ0v) is 21.1. The summed E-state index contributed by atoms with van der Waals surface area (Å²) in [4.78, 5) is 30.2. The van der Waals surface area contributed by atoms with E-state index in [9.17, 15) is 14.7 Å². The third kappa shape index (κ3) is 5.30. The van der Waals surface area contributed by atoms with Gasteiger partial charge in [-0.25, -0.2) is 4.98 Å². The smallest absolute Gasteiger partial charge is 0.293 e. The monoisotopic (exact) mass is 482 g/mol. The van der Waals surface area contributed by atoms with Gasteiger partial charge in [-0.2, -0.15) is 0 Å². The van der Waals surface area contributed by atoms with E-state index in [4.69, 9.17) is 0 Å². The Balaban J connectivity index is 1.63. The average Bonchev–Trinajstić information content (AvgIpc) is 2.84. The van der Waals surface area contributed by atoms with Crippen molar-refractivity contribution in [3.63, 3.8) is 0 Å². The number of aromatic hydroxyl groups is 1. The molecule has 3 N–H and O–H groups in total. The number of benzene rings is 3. The highest BCUT2D eigenvalue weighted by molar-refractivity contribution is 6.05. The first-order chi connectivity index (χ1) is 17.0. The third-order valence-corrected chi connectivity index (χ3v) is 6.07. The first-order valence-corrected chi connectivity index (χ1v) is 11.7. The molecular weight excluding hydrogens is 452 g/mol. The number of phenols is 1. The van der Waals surface area contributed by atoms with Crippen LogP contribution in [0.15, 0.2) is 77.7 Å². The topological polar surface area (TPSA) is 96.2 Å². The lowest BCUT2D eigenvalue weighted by molar-refractivity contribution is 0.102. The molecule has 36 heavy (non-hydrogen) atoms. The lowest BCUT2D eigenvalue weighted by Crippen LogP contribution is -2.21. The van der Waals surface area contributed by atoms with E-state index in [2.05, 4.69) is 36.4 Å². The minimum Gasteiger partial charge on any atom is -0.508 e. The Labute approximate surface area is 210 Å². The van der Waals surface area contributed by atoms with Gasteiger partial charge in [-0.05, 0) is 65.9 Å². The summed E-state index contributed by atoms with van der Waals surface area (Å²) < 4.78 is 1.46. The molecule has 0 unspecified atom stereocenters. The third-order valence-electron chi connectivity index (χ3n) is 6.07. The van der Waals surface area contributed by atoms with Crippen LogP contribution in [-0.4, -0.2) is 20.6 Å². The highest BCUT2D eigenvalue weighted by atomic mass is 16.3. The second-order valence-corrected chi connectivity index (χ2v) is 9.82. The van der Waals surface area contributed by atoms with Crippen LogP contribution in [-0.2, 0) is 12.5 Å². The number of hydrogen-bond acceptors (Lipinski definition) is 5. The van der Waals surface area contributed by atoms with E-state index in [1.165, 1.54) is 16.7 Å². The maximum atomic E-state index is 13.0. The molecule has 0 aliphatic rings. The molecule has 0 spiro atoms. The van der Waals surface area contributed by atoms with Crippen LogP contribution in [0.5, 0.6) is 5.75 Å². The van der Waals surface area contributed by atoms with Crippen LogP contribution in [0, 0.1) is 6.92 Å². The molecule has 1 aromatic heterocycles. The zero-order chi connectivity index (χ0) is 26.0. The van der Waals surface area contributed by atoms with E-state index in [0.29, 0.717) is 22.6 Å². The molecule has 7 nitrogen and oxygen atoms in total. The van der Waals surface area contributed by atoms with Crippen LogP contribution in [0.2, 0.25) is 0 Å². The number of carbonyl (C=O) groups is 1. The fourth-order valence-corrected chi connectivity index (χ4v) is 3.86. The van der Waals surface area contributed by atoms with Crippen molar-refractivity contribution >= 4 is 23.1 Å². The summed E-state index contributed by atoms with van der Waals surface area (Å²) in [5.41, 5.74) is 4.97. The molecule has 7 heteroatoms. The van der Waals surface area contributed by atoms with Crippen molar-refractivity contribution in [3.05, 3.63) is 100.0 Å². The van der Waals surface area contributed by atoms with Gasteiger partial charge in [-0.1, -0.05) is 45.0 Å². The molecule has 1 amide bonds. The van der Waals surface area contributed by atoms with Gasteiger partial charge in [-0.15, -0.1) is 0 Å². The van der Waals surface area contributed by atoms with Crippen molar-refractivity contribution in [1.82, 2.24) is 9.55 Å². The molecule has 184 valence electrons. The molecule has 0 aliphatic heterocycles. The van der Waals surface area contributed by atoms with Crippen molar-refractivity contribution < 1.29 is 9.90 Å². The predicted molar refractivity (Wildman–Crippen MR) is 144 cm³/mol. The molecule has 0 saturated carbocycles. The molecular formula is C29H30N4O3. The van der Waals surface area contributed by atoms with Crippen molar-refractivity contribution in [2.24, 2.45) is 7.05 Å². The predicted octanol–water partition coefficient (Wildman–Crippen LogP) is 5.75. The Kier molecular flexibility index (Phi) is 6.66. The van der Waals surface area contributed by atoms with Gasteiger partial charge in [0, 0.05) is 35.7 Å². The van der Waals surface area contributed by atoms with Crippen LogP contribution in [0.4, 0.5) is 17.2 Å². The van der Waals surface area contributed by atoms with E-state index < -0.39 is 0 Å². The van der Waals surface area contributed by atoms with Crippen LogP contribution < -0.4 is 16.2 Å². The largest absolute Gasteiger partial charge is 0.508 e. The number of phenolic OH excluding ortho intramolecular Hbond substituents is 1. The highest BCUT2D eigenvalue weighted by Crippen LogP contribution is 2.29. The lowest BCUT2D eigenvalue weighted by atomic mass is 9.86. The minimum absolute atomic E-state index is 0.0126. The molecule has 0 saturated heterocycles. The lowest BCUT2D eigenvalue weighted by Gasteiger charge is -2.19. The number of nitrogens with one attached hydrogen (secondary N) is 2. The molecule has 1 heterocycles. The Morgan fingerprint density at radius 2 is 1.64 bits per heavy atom. The quantitative estimate of drug-likeness (QED) is 0.315. The van der Waals surface area contributed by atoms with Crippen molar-refractivity contribution in [2.45, 2.75) is 33.1 Å². The van der Waals surface area contributed by atoms with Gasteiger partial charge in [0.1, 0.15) is 5.75 Å². The van der Waals surface area contributed by atoms with Crippen LogP contribution >= 0.6 is 0 Å². The molecule has 0 fully saturated rings. The van der Waals surface area contributed by atoms with Crippen molar-refractivity contribution in [3.8, 4) is 17.0 Å². The van der Waals surface area contributed by atoms with Gasteiger partial charge in [0.15, 0.2) is 5.82 Å². The highest BCUT2D eigenvalue weighted by Gasteiger charge is 2.16. The fraction of sp³-hybridized carbons (Fsp3) is 0.207. The van der Waals surface area contributed by atoms with E-state index in [1.807, 2.05) is 49.4 Å². The molecule has 4 rings (SSSR count). The van der Waals surface area contributed by atoms with Gasteiger partial charge in [0.2, 0.25) is 0 Å². The summed E-state index contributed by atoms with van der Waals surface area (Å²) in [6, 6.07) is 19.6. The molecule has 0 atom stereocenters. The second-order valence-electron chi connectivity index (χ2n) is 9.82. The maximum Gasteiger partial charge on any atom is 0.293 e. The van der Waals surface area contributed by atoms with E-state index in [0.717, 1.165) is 16.7 Å².